The van der Waals surface area contributed by atoms with Gasteiger partial charge in [0.05, 0.1) is 13.2 Å². The van der Waals surface area contributed by atoms with E-state index in [1.54, 1.807) is 12.0 Å². The Labute approximate surface area is 203 Å². The van der Waals surface area contributed by atoms with Crippen molar-refractivity contribution in [1.82, 2.24) is 9.80 Å². The summed E-state index contributed by atoms with van der Waals surface area (Å²) in [6, 6.07) is 15.8. The molecule has 0 saturated carbocycles. The van der Waals surface area contributed by atoms with Crippen LogP contribution in [0.25, 0.3) is 0 Å². The van der Waals surface area contributed by atoms with Crippen molar-refractivity contribution in [3.8, 4) is 5.75 Å². The van der Waals surface area contributed by atoms with Crippen LogP contribution in [0.3, 0.4) is 0 Å². The second-order valence-electron chi connectivity index (χ2n) is 8.53. The summed E-state index contributed by atoms with van der Waals surface area (Å²) in [5.74, 6) is 0.753. The van der Waals surface area contributed by atoms with E-state index in [4.69, 9.17) is 18.9 Å². The Morgan fingerprint density at radius 1 is 0.971 bits per heavy atom. The molecule has 2 rings (SSSR count). The largest absolute Gasteiger partial charge is 0.497 e. The van der Waals surface area contributed by atoms with Gasteiger partial charge in [-0.25, -0.2) is 4.79 Å². The van der Waals surface area contributed by atoms with Crippen molar-refractivity contribution in [3.05, 3.63) is 59.7 Å². The number of hydrogen-bond donors (Lipinski definition) is 0. The average Bonchev–Trinajstić information content (AvgIpc) is 2.83. The minimum absolute atomic E-state index is 0.0474. The fraction of sp³-hybridized carbons (Fsp3) is 0.500. The summed E-state index contributed by atoms with van der Waals surface area (Å²) in [7, 11) is 9.44. The molecule has 0 aliphatic carbocycles. The molecule has 0 spiro atoms. The van der Waals surface area contributed by atoms with Gasteiger partial charge in [0.1, 0.15) is 12.5 Å². The van der Waals surface area contributed by atoms with Gasteiger partial charge in [0.2, 0.25) is 0 Å². The van der Waals surface area contributed by atoms with Crippen LogP contribution in [0.5, 0.6) is 5.75 Å². The third-order valence-electron chi connectivity index (χ3n) is 5.24. The van der Waals surface area contributed by atoms with Crippen molar-refractivity contribution < 1.29 is 23.7 Å². The molecule has 0 heterocycles. The number of nitrogens with zero attached hydrogens (tertiary/aromatic N) is 3. The number of amides is 1. The maximum absolute atomic E-state index is 13.2. The van der Waals surface area contributed by atoms with E-state index in [-0.39, 0.29) is 19.6 Å². The topological polar surface area (TPSA) is 63.7 Å². The molecular formula is C26H39N3O5. The van der Waals surface area contributed by atoms with Crippen LogP contribution < -0.4 is 9.64 Å². The van der Waals surface area contributed by atoms with E-state index in [0.717, 1.165) is 35.4 Å². The molecule has 0 aliphatic heterocycles. The average molecular weight is 474 g/mol. The highest BCUT2D eigenvalue weighted by atomic mass is 16.7. The highest BCUT2D eigenvalue weighted by Gasteiger charge is 2.27. The summed E-state index contributed by atoms with van der Waals surface area (Å²) >= 11 is 0. The highest BCUT2D eigenvalue weighted by Crippen LogP contribution is 2.31. The predicted molar refractivity (Wildman–Crippen MR) is 134 cm³/mol. The van der Waals surface area contributed by atoms with Crippen molar-refractivity contribution in [3.63, 3.8) is 0 Å². The van der Waals surface area contributed by atoms with Gasteiger partial charge in [0.25, 0.3) is 0 Å². The van der Waals surface area contributed by atoms with Crippen molar-refractivity contribution in [2.24, 2.45) is 0 Å². The lowest BCUT2D eigenvalue weighted by molar-refractivity contribution is -0.130. The molecule has 34 heavy (non-hydrogen) atoms. The summed E-state index contributed by atoms with van der Waals surface area (Å²) in [4.78, 5) is 18.9. The molecule has 0 fully saturated rings. The summed E-state index contributed by atoms with van der Waals surface area (Å²) in [5.41, 5.74) is 3.11. The molecule has 0 N–H and O–H groups in total. The molecule has 0 aliphatic rings. The van der Waals surface area contributed by atoms with Crippen molar-refractivity contribution in [1.29, 1.82) is 0 Å². The van der Waals surface area contributed by atoms with E-state index in [2.05, 4.69) is 6.92 Å². The second-order valence-corrected chi connectivity index (χ2v) is 8.53. The van der Waals surface area contributed by atoms with Crippen LogP contribution in [0.15, 0.2) is 48.5 Å². The van der Waals surface area contributed by atoms with Gasteiger partial charge >= 0.3 is 6.09 Å². The Hall–Kier alpha value is -2.81. The first-order chi connectivity index (χ1) is 16.3. The lowest BCUT2D eigenvalue weighted by atomic mass is 9.99. The molecule has 2 aromatic rings. The number of anilines is 1. The Morgan fingerprint density at radius 2 is 1.71 bits per heavy atom. The summed E-state index contributed by atoms with van der Waals surface area (Å²) < 4.78 is 21.6. The fourth-order valence-corrected chi connectivity index (χ4v) is 3.51. The second kappa shape index (κ2) is 14.5. The van der Waals surface area contributed by atoms with Crippen LogP contribution in [0, 0.1) is 0 Å². The zero-order valence-corrected chi connectivity index (χ0v) is 21.3. The molecule has 8 heteroatoms. The van der Waals surface area contributed by atoms with E-state index < -0.39 is 6.09 Å². The van der Waals surface area contributed by atoms with Crippen LogP contribution >= 0.6 is 0 Å². The minimum Gasteiger partial charge on any atom is -0.497 e. The molecule has 1 unspecified atom stereocenters. The molecule has 0 aromatic heterocycles. The third-order valence-corrected chi connectivity index (χ3v) is 5.24. The van der Waals surface area contributed by atoms with Gasteiger partial charge in [-0.15, -0.1) is 0 Å². The first-order valence-electron chi connectivity index (χ1n) is 11.5. The van der Waals surface area contributed by atoms with Crippen molar-refractivity contribution in [2.75, 3.05) is 60.5 Å². The van der Waals surface area contributed by atoms with Crippen LogP contribution in [0.2, 0.25) is 0 Å². The SMILES string of the molecule is CCCC(c1cccc(OC)c1)N(Cc1ccc(N(C)C)cc1)C(=O)OCOCOCN(C)C. The molecule has 1 atom stereocenters. The van der Waals surface area contributed by atoms with Gasteiger partial charge in [-0.2, -0.15) is 0 Å². The zero-order valence-electron chi connectivity index (χ0n) is 21.3. The molecule has 0 radical (unpaired) electrons. The van der Waals surface area contributed by atoms with Gasteiger partial charge in [-0.1, -0.05) is 37.6 Å². The van der Waals surface area contributed by atoms with Crippen LogP contribution in [-0.4, -0.2) is 71.5 Å². The standard InChI is InChI=1S/C26H39N3O5/c1-7-9-25(22-10-8-11-24(16-22)31-6)29(17-21-12-14-23(15-13-21)28(4)5)26(30)34-20-33-19-32-18-27(2)3/h8,10-16,25H,7,9,17-20H2,1-6H3. The maximum Gasteiger partial charge on any atom is 0.412 e. The lowest BCUT2D eigenvalue weighted by Crippen LogP contribution is -2.35. The molecule has 1 amide bonds. The highest BCUT2D eigenvalue weighted by molar-refractivity contribution is 5.68. The van der Waals surface area contributed by atoms with Gasteiger partial charge in [-0.05, 0) is 55.9 Å². The molecular weight excluding hydrogens is 434 g/mol. The molecule has 2 aromatic carbocycles. The Morgan fingerprint density at radius 3 is 2.32 bits per heavy atom. The van der Waals surface area contributed by atoms with Gasteiger partial charge in [-0.3, -0.25) is 9.80 Å². The van der Waals surface area contributed by atoms with Crippen LogP contribution in [0.1, 0.15) is 36.9 Å². The number of hydrogen-bond acceptors (Lipinski definition) is 7. The van der Waals surface area contributed by atoms with Gasteiger partial charge in [0, 0.05) is 26.3 Å². The number of ether oxygens (including phenoxy) is 4. The normalized spacial score (nSPS) is 11.9. The Kier molecular flexibility index (Phi) is 11.7. The van der Waals surface area contributed by atoms with E-state index in [1.807, 2.05) is 86.5 Å². The lowest BCUT2D eigenvalue weighted by Gasteiger charge is -2.32. The molecule has 0 bridgehead atoms. The van der Waals surface area contributed by atoms with Gasteiger partial charge in [0.15, 0.2) is 13.6 Å². The number of benzene rings is 2. The number of rotatable bonds is 14. The molecule has 0 saturated heterocycles. The molecule has 8 nitrogen and oxygen atoms in total. The quantitative estimate of drug-likeness (QED) is 0.291. The number of carbonyl (C=O) groups is 1. The summed E-state index contributed by atoms with van der Waals surface area (Å²) in [6.07, 6.45) is 1.25. The number of methoxy groups -OCH3 is 1. The third kappa shape index (κ3) is 8.85. The molecule has 188 valence electrons. The van der Waals surface area contributed by atoms with E-state index in [0.29, 0.717) is 13.3 Å². The van der Waals surface area contributed by atoms with E-state index in [1.165, 1.54) is 0 Å². The Balaban J connectivity index is 2.20. The minimum atomic E-state index is -0.439. The van der Waals surface area contributed by atoms with Crippen molar-refractivity contribution >= 4 is 11.8 Å². The Bertz CT molecular complexity index is 858. The van der Waals surface area contributed by atoms with E-state index >= 15 is 0 Å². The van der Waals surface area contributed by atoms with Crippen LogP contribution in [0.4, 0.5) is 10.5 Å². The predicted octanol–water partition coefficient (Wildman–Crippen LogP) is 4.71. The summed E-state index contributed by atoms with van der Waals surface area (Å²) in [5, 5.41) is 0. The van der Waals surface area contributed by atoms with Gasteiger partial charge < -0.3 is 23.8 Å². The first kappa shape index (κ1) is 27.4. The monoisotopic (exact) mass is 473 g/mol. The first-order valence-corrected chi connectivity index (χ1v) is 11.5. The van der Waals surface area contributed by atoms with Crippen LogP contribution in [-0.2, 0) is 20.8 Å². The smallest absolute Gasteiger partial charge is 0.412 e. The maximum atomic E-state index is 13.2. The number of carbonyl (C=O) groups excluding carboxylic acids is 1. The fourth-order valence-electron chi connectivity index (χ4n) is 3.51. The van der Waals surface area contributed by atoms with E-state index in [9.17, 15) is 4.79 Å². The van der Waals surface area contributed by atoms with Crippen molar-refractivity contribution in [2.45, 2.75) is 32.4 Å². The summed E-state index contributed by atoms with van der Waals surface area (Å²) in [6.45, 7) is 2.81. The zero-order chi connectivity index (χ0) is 24.9.